The third-order valence-electron chi connectivity index (χ3n) is 3.03. The maximum atomic E-state index is 11.6. The van der Waals surface area contributed by atoms with Crippen LogP contribution in [0.15, 0.2) is 11.6 Å². The molecule has 0 N–H and O–H groups in total. The van der Waals surface area contributed by atoms with E-state index >= 15 is 0 Å². The Bertz CT molecular complexity index is 231. The van der Waals surface area contributed by atoms with E-state index < -0.39 is 0 Å². The van der Waals surface area contributed by atoms with Crippen LogP contribution in [-0.4, -0.2) is 12.6 Å². The lowest BCUT2D eigenvalue weighted by molar-refractivity contribution is -0.139. The maximum Gasteiger partial charge on any atom is 0.333 e. The van der Waals surface area contributed by atoms with Crippen molar-refractivity contribution in [3.8, 4) is 0 Å². The van der Waals surface area contributed by atoms with Gasteiger partial charge in [-0.3, -0.25) is 0 Å². The second-order valence-electron chi connectivity index (χ2n) is 4.78. The highest BCUT2D eigenvalue weighted by molar-refractivity contribution is 5.88. The first-order valence-corrected chi connectivity index (χ1v) is 7.62. The van der Waals surface area contributed by atoms with Crippen molar-refractivity contribution < 1.29 is 9.53 Å². The average molecular weight is 254 g/mol. The van der Waals surface area contributed by atoms with Crippen LogP contribution in [-0.2, 0) is 9.53 Å². The van der Waals surface area contributed by atoms with Gasteiger partial charge in [-0.1, -0.05) is 59.0 Å². The van der Waals surface area contributed by atoms with Crippen LogP contribution < -0.4 is 0 Å². The lowest BCUT2D eigenvalue weighted by Gasteiger charge is -2.05. The van der Waals surface area contributed by atoms with E-state index in [2.05, 4.69) is 13.0 Å². The fraction of sp³-hybridized carbons (Fsp3) is 0.812. The summed E-state index contributed by atoms with van der Waals surface area (Å²) >= 11 is 0. The van der Waals surface area contributed by atoms with Gasteiger partial charge in [-0.05, 0) is 25.7 Å². The molecule has 0 aromatic carbocycles. The van der Waals surface area contributed by atoms with E-state index in [1.165, 1.54) is 38.5 Å². The fourth-order valence-corrected chi connectivity index (χ4v) is 1.86. The second-order valence-corrected chi connectivity index (χ2v) is 4.78. The number of allylic oxidation sites excluding steroid dienone is 1. The molecule has 0 fully saturated rings. The lowest BCUT2D eigenvalue weighted by atomic mass is 10.1. The first-order chi connectivity index (χ1) is 8.76. The van der Waals surface area contributed by atoms with Crippen molar-refractivity contribution in [2.75, 3.05) is 6.61 Å². The molecular weight excluding hydrogens is 224 g/mol. The van der Waals surface area contributed by atoms with Crippen LogP contribution in [0.3, 0.4) is 0 Å². The molecular formula is C16H30O2. The van der Waals surface area contributed by atoms with Gasteiger partial charge in [-0.15, -0.1) is 0 Å². The second kappa shape index (κ2) is 12.7. The Morgan fingerprint density at radius 1 is 0.944 bits per heavy atom. The summed E-state index contributed by atoms with van der Waals surface area (Å²) < 4.78 is 5.15. The number of hydrogen-bond acceptors (Lipinski definition) is 2. The molecule has 0 saturated carbocycles. The SMILES string of the molecule is CCCCCCCCC=C(CC)C(=O)OCCC. The van der Waals surface area contributed by atoms with Gasteiger partial charge >= 0.3 is 5.97 Å². The van der Waals surface area contributed by atoms with Crippen molar-refractivity contribution in [3.63, 3.8) is 0 Å². The zero-order valence-electron chi connectivity index (χ0n) is 12.5. The van der Waals surface area contributed by atoms with E-state index in [0.717, 1.165) is 24.8 Å². The molecule has 0 amide bonds. The highest BCUT2D eigenvalue weighted by Gasteiger charge is 2.07. The van der Waals surface area contributed by atoms with Gasteiger partial charge in [0.2, 0.25) is 0 Å². The van der Waals surface area contributed by atoms with Gasteiger partial charge in [0.1, 0.15) is 0 Å². The Hall–Kier alpha value is -0.790. The molecule has 0 bridgehead atoms. The lowest BCUT2D eigenvalue weighted by Crippen LogP contribution is -2.08. The van der Waals surface area contributed by atoms with Crippen LogP contribution >= 0.6 is 0 Å². The Labute approximate surface area is 113 Å². The minimum Gasteiger partial charge on any atom is -0.462 e. The summed E-state index contributed by atoms with van der Waals surface area (Å²) in [5.41, 5.74) is 0.844. The highest BCUT2D eigenvalue weighted by atomic mass is 16.5. The smallest absolute Gasteiger partial charge is 0.333 e. The normalized spacial score (nSPS) is 11.6. The van der Waals surface area contributed by atoms with Gasteiger partial charge in [0.05, 0.1) is 6.61 Å². The summed E-state index contributed by atoms with van der Waals surface area (Å²) in [5.74, 6) is -0.120. The van der Waals surface area contributed by atoms with Crippen LogP contribution in [0.4, 0.5) is 0 Å². The van der Waals surface area contributed by atoms with Crippen molar-refractivity contribution in [1.29, 1.82) is 0 Å². The van der Waals surface area contributed by atoms with Gasteiger partial charge in [-0.25, -0.2) is 4.79 Å². The first-order valence-electron chi connectivity index (χ1n) is 7.62. The van der Waals surface area contributed by atoms with Gasteiger partial charge in [0.25, 0.3) is 0 Å². The number of esters is 1. The Balaban J connectivity index is 3.73. The predicted molar refractivity (Wildman–Crippen MR) is 77.6 cm³/mol. The third kappa shape index (κ3) is 9.26. The quantitative estimate of drug-likeness (QED) is 0.294. The Kier molecular flexibility index (Phi) is 12.1. The summed E-state index contributed by atoms with van der Waals surface area (Å²) in [6.07, 6.45) is 12.5. The van der Waals surface area contributed by atoms with Crippen LogP contribution in [0.1, 0.15) is 78.6 Å². The molecule has 0 rings (SSSR count). The Morgan fingerprint density at radius 3 is 2.22 bits per heavy atom. The van der Waals surface area contributed by atoms with Gasteiger partial charge in [0.15, 0.2) is 0 Å². The van der Waals surface area contributed by atoms with Crippen LogP contribution in [0.2, 0.25) is 0 Å². The summed E-state index contributed by atoms with van der Waals surface area (Å²) in [4.78, 5) is 11.6. The third-order valence-corrected chi connectivity index (χ3v) is 3.03. The van der Waals surface area contributed by atoms with E-state index in [0.29, 0.717) is 6.61 Å². The molecule has 0 aliphatic carbocycles. The minimum atomic E-state index is -0.120. The van der Waals surface area contributed by atoms with Gasteiger partial charge in [-0.2, -0.15) is 0 Å². The molecule has 0 radical (unpaired) electrons. The summed E-state index contributed by atoms with van der Waals surface area (Å²) in [7, 11) is 0. The van der Waals surface area contributed by atoms with E-state index in [-0.39, 0.29) is 5.97 Å². The maximum absolute atomic E-state index is 11.6. The molecule has 0 atom stereocenters. The molecule has 0 saturated heterocycles. The molecule has 0 unspecified atom stereocenters. The molecule has 0 spiro atoms. The monoisotopic (exact) mass is 254 g/mol. The van der Waals surface area contributed by atoms with Crippen molar-refractivity contribution in [2.24, 2.45) is 0 Å². The molecule has 106 valence electrons. The topological polar surface area (TPSA) is 26.3 Å². The standard InChI is InChI=1S/C16H30O2/c1-4-7-8-9-10-11-12-13-15(6-3)16(17)18-14-5-2/h13H,4-12,14H2,1-3H3. The molecule has 0 heterocycles. The summed E-state index contributed by atoms with van der Waals surface area (Å²) in [6, 6.07) is 0. The molecule has 18 heavy (non-hydrogen) atoms. The number of carbonyl (C=O) groups is 1. The molecule has 0 aromatic heterocycles. The van der Waals surface area contributed by atoms with E-state index in [1.807, 2.05) is 13.8 Å². The predicted octanol–water partition coefficient (Wildman–Crippen LogP) is 5.03. The average Bonchev–Trinajstić information content (AvgIpc) is 2.39. The molecule has 2 nitrogen and oxygen atoms in total. The number of ether oxygens (including phenoxy) is 1. The largest absolute Gasteiger partial charge is 0.462 e. The molecule has 0 aliphatic heterocycles. The van der Waals surface area contributed by atoms with Crippen molar-refractivity contribution in [3.05, 3.63) is 11.6 Å². The zero-order valence-corrected chi connectivity index (χ0v) is 12.5. The van der Waals surface area contributed by atoms with Crippen molar-refractivity contribution in [1.82, 2.24) is 0 Å². The fourth-order valence-electron chi connectivity index (χ4n) is 1.86. The highest BCUT2D eigenvalue weighted by Crippen LogP contribution is 2.11. The Morgan fingerprint density at radius 2 is 1.61 bits per heavy atom. The van der Waals surface area contributed by atoms with Crippen LogP contribution in [0, 0.1) is 0 Å². The van der Waals surface area contributed by atoms with Crippen LogP contribution in [0.25, 0.3) is 0 Å². The van der Waals surface area contributed by atoms with E-state index in [4.69, 9.17) is 4.74 Å². The summed E-state index contributed by atoms with van der Waals surface area (Å²) in [6.45, 7) is 6.80. The van der Waals surface area contributed by atoms with Gasteiger partial charge < -0.3 is 4.74 Å². The first kappa shape index (κ1) is 17.2. The zero-order chi connectivity index (χ0) is 13.6. The number of hydrogen-bond donors (Lipinski definition) is 0. The van der Waals surface area contributed by atoms with E-state index in [1.54, 1.807) is 0 Å². The molecule has 2 heteroatoms. The van der Waals surface area contributed by atoms with Gasteiger partial charge in [0, 0.05) is 5.57 Å². The number of carbonyl (C=O) groups excluding carboxylic acids is 1. The van der Waals surface area contributed by atoms with Crippen molar-refractivity contribution in [2.45, 2.75) is 78.6 Å². The number of rotatable bonds is 11. The number of unbranched alkanes of at least 4 members (excludes halogenated alkanes) is 6. The molecule has 0 aromatic rings. The van der Waals surface area contributed by atoms with Crippen LogP contribution in [0.5, 0.6) is 0 Å². The van der Waals surface area contributed by atoms with Crippen molar-refractivity contribution >= 4 is 5.97 Å². The summed E-state index contributed by atoms with van der Waals surface area (Å²) in [5, 5.41) is 0. The van der Waals surface area contributed by atoms with E-state index in [9.17, 15) is 4.79 Å². The minimum absolute atomic E-state index is 0.120. The molecule has 0 aliphatic rings.